The van der Waals surface area contributed by atoms with Crippen LogP contribution in [0.5, 0.6) is 5.75 Å². The number of hydrogen-bond acceptors (Lipinski definition) is 3. The molecule has 4 nitrogen and oxygen atoms in total. The maximum Gasteiger partial charge on any atom is 0.241 e. The van der Waals surface area contributed by atoms with Gasteiger partial charge in [-0.15, -0.1) is 0 Å². The lowest BCUT2D eigenvalue weighted by atomic mass is 10.1. The average Bonchev–Trinajstić information content (AvgIpc) is 2.54. The van der Waals surface area contributed by atoms with Gasteiger partial charge in [0.1, 0.15) is 0 Å². The van der Waals surface area contributed by atoms with Crippen LogP contribution in [0.15, 0.2) is 42.5 Å². The van der Waals surface area contributed by atoms with Crippen LogP contribution in [0.2, 0.25) is 0 Å². The summed E-state index contributed by atoms with van der Waals surface area (Å²) in [6.07, 6.45) is 0. The van der Waals surface area contributed by atoms with E-state index >= 15 is 0 Å². The fraction of sp³-hybridized carbons (Fsp3) is 0.278. The van der Waals surface area contributed by atoms with Crippen molar-refractivity contribution in [3.8, 4) is 5.75 Å². The molecule has 0 saturated carbocycles. The molecule has 2 unspecified atom stereocenters. The van der Waals surface area contributed by atoms with Crippen molar-refractivity contribution in [2.75, 3.05) is 12.4 Å². The Labute approximate surface area is 154 Å². The largest absolute Gasteiger partial charge is 0.494 e. The molecule has 24 heavy (non-hydrogen) atoms. The average molecular weight is 442 g/mol. The summed E-state index contributed by atoms with van der Waals surface area (Å²) in [7, 11) is 1.43. The van der Waals surface area contributed by atoms with Gasteiger partial charge in [-0.25, -0.2) is 4.39 Å². The van der Waals surface area contributed by atoms with Gasteiger partial charge in [0.05, 0.1) is 13.2 Å². The second kappa shape index (κ2) is 8.43. The molecular formula is C18H20FIN2O2. The fourth-order valence-electron chi connectivity index (χ4n) is 2.32. The van der Waals surface area contributed by atoms with Gasteiger partial charge in [0.2, 0.25) is 5.91 Å². The third kappa shape index (κ3) is 4.91. The Kier molecular flexibility index (Phi) is 6.56. The lowest BCUT2D eigenvalue weighted by Gasteiger charge is -2.20. The van der Waals surface area contributed by atoms with Gasteiger partial charge in [-0.05, 0) is 72.3 Å². The van der Waals surface area contributed by atoms with Crippen molar-refractivity contribution in [2.45, 2.75) is 25.9 Å². The van der Waals surface area contributed by atoms with E-state index in [9.17, 15) is 9.18 Å². The Morgan fingerprint density at radius 3 is 2.58 bits per heavy atom. The Hall–Kier alpha value is -1.67. The van der Waals surface area contributed by atoms with E-state index in [1.165, 1.54) is 13.2 Å². The van der Waals surface area contributed by atoms with Gasteiger partial charge < -0.3 is 10.1 Å². The van der Waals surface area contributed by atoms with E-state index in [0.717, 1.165) is 14.8 Å². The van der Waals surface area contributed by atoms with Gasteiger partial charge >= 0.3 is 0 Å². The normalized spacial score (nSPS) is 13.2. The van der Waals surface area contributed by atoms with Crippen LogP contribution < -0.4 is 15.4 Å². The molecule has 0 radical (unpaired) electrons. The maximum atomic E-state index is 13.8. The van der Waals surface area contributed by atoms with Crippen molar-refractivity contribution < 1.29 is 13.9 Å². The number of ether oxygens (including phenoxy) is 1. The topological polar surface area (TPSA) is 50.4 Å². The van der Waals surface area contributed by atoms with Crippen molar-refractivity contribution in [1.82, 2.24) is 5.32 Å². The van der Waals surface area contributed by atoms with Crippen molar-refractivity contribution in [3.05, 3.63) is 57.4 Å². The minimum absolute atomic E-state index is 0.141. The van der Waals surface area contributed by atoms with Crippen molar-refractivity contribution >= 4 is 34.2 Å². The summed E-state index contributed by atoms with van der Waals surface area (Å²) in [5, 5.41) is 6.04. The van der Waals surface area contributed by atoms with Gasteiger partial charge in [-0.2, -0.15) is 0 Å². The molecule has 2 N–H and O–H groups in total. The first-order valence-corrected chi connectivity index (χ1v) is 8.64. The van der Waals surface area contributed by atoms with Crippen LogP contribution in [0.1, 0.15) is 25.5 Å². The van der Waals surface area contributed by atoms with E-state index in [2.05, 4.69) is 33.2 Å². The molecule has 0 fully saturated rings. The summed E-state index contributed by atoms with van der Waals surface area (Å²) < 4.78 is 19.8. The van der Waals surface area contributed by atoms with Crippen LogP contribution in [0.4, 0.5) is 10.1 Å². The summed E-state index contributed by atoms with van der Waals surface area (Å²) in [4.78, 5) is 12.3. The van der Waals surface area contributed by atoms with E-state index in [0.29, 0.717) is 0 Å². The summed E-state index contributed by atoms with van der Waals surface area (Å²) in [5.41, 5.74) is 1.51. The first kappa shape index (κ1) is 18.7. The first-order valence-electron chi connectivity index (χ1n) is 7.56. The van der Waals surface area contributed by atoms with Gasteiger partial charge in [0.15, 0.2) is 11.6 Å². The second-order valence-corrected chi connectivity index (χ2v) is 6.75. The number of methoxy groups -OCH3 is 1. The highest BCUT2D eigenvalue weighted by Gasteiger charge is 2.17. The first-order chi connectivity index (χ1) is 11.4. The van der Waals surface area contributed by atoms with E-state index in [-0.39, 0.29) is 17.7 Å². The molecule has 0 heterocycles. The molecule has 2 rings (SSSR count). The predicted molar refractivity (Wildman–Crippen MR) is 102 cm³/mol. The van der Waals surface area contributed by atoms with Crippen molar-refractivity contribution in [1.29, 1.82) is 0 Å². The molecule has 0 aliphatic carbocycles. The number of benzene rings is 2. The van der Waals surface area contributed by atoms with E-state index < -0.39 is 11.9 Å². The molecule has 0 aliphatic heterocycles. The Morgan fingerprint density at radius 2 is 1.96 bits per heavy atom. The number of amides is 1. The smallest absolute Gasteiger partial charge is 0.241 e. The number of halogens is 2. The SMILES string of the molecule is COc1ccc(C(C)NC(C)C(=O)Nc2cccc(I)c2)cc1F. The third-order valence-corrected chi connectivity index (χ3v) is 4.33. The third-order valence-electron chi connectivity index (χ3n) is 3.66. The highest BCUT2D eigenvalue weighted by Crippen LogP contribution is 2.22. The number of rotatable bonds is 6. The summed E-state index contributed by atoms with van der Waals surface area (Å²) in [6, 6.07) is 11.8. The molecule has 0 aliphatic rings. The monoisotopic (exact) mass is 442 g/mol. The molecule has 1 amide bonds. The molecule has 128 valence electrons. The Morgan fingerprint density at radius 1 is 1.21 bits per heavy atom. The molecule has 0 bridgehead atoms. The minimum Gasteiger partial charge on any atom is -0.494 e. The molecule has 2 aromatic rings. The number of anilines is 1. The highest BCUT2D eigenvalue weighted by molar-refractivity contribution is 14.1. The number of hydrogen-bond donors (Lipinski definition) is 2. The van der Waals surface area contributed by atoms with E-state index in [1.54, 1.807) is 19.1 Å². The van der Waals surface area contributed by atoms with Crippen LogP contribution >= 0.6 is 22.6 Å². The van der Waals surface area contributed by atoms with Crippen molar-refractivity contribution in [3.63, 3.8) is 0 Å². The van der Waals surface area contributed by atoms with Crippen molar-refractivity contribution in [2.24, 2.45) is 0 Å². The van der Waals surface area contributed by atoms with Gasteiger partial charge in [-0.1, -0.05) is 12.1 Å². The molecule has 2 aromatic carbocycles. The van der Waals surface area contributed by atoms with E-state index in [4.69, 9.17) is 4.74 Å². The van der Waals surface area contributed by atoms with Crippen LogP contribution in [0, 0.1) is 9.39 Å². The molecule has 0 saturated heterocycles. The zero-order chi connectivity index (χ0) is 17.7. The molecule has 6 heteroatoms. The van der Waals surface area contributed by atoms with Crippen LogP contribution in [0.25, 0.3) is 0 Å². The quantitative estimate of drug-likeness (QED) is 0.663. The molecule has 0 aromatic heterocycles. The summed E-state index contributed by atoms with van der Waals surface area (Å²) in [5.74, 6) is -0.354. The van der Waals surface area contributed by atoms with Crippen LogP contribution in [0.3, 0.4) is 0 Å². The lowest BCUT2D eigenvalue weighted by molar-refractivity contribution is -0.117. The van der Waals surface area contributed by atoms with Crippen LogP contribution in [-0.4, -0.2) is 19.1 Å². The van der Waals surface area contributed by atoms with Crippen LogP contribution in [-0.2, 0) is 4.79 Å². The van der Waals surface area contributed by atoms with E-state index in [1.807, 2.05) is 31.2 Å². The maximum absolute atomic E-state index is 13.8. The van der Waals surface area contributed by atoms with Gasteiger partial charge in [0.25, 0.3) is 0 Å². The Bertz CT molecular complexity index is 724. The summed E-state index contributed by atoms with van der Waals surface area (Å²) >= 11 is 2.19. The highest BCUT2D eigenvalue weighted by atomic mass is 127. The van der Waals surface area contributed by atoms with Gasteiger partial charge in [0, 0.05) is 15.3 Å². The second-order valence-electron chi connectivity index (χ2n) is 5.50. The zero-order valence-corrected chi connectivity index (χ0v) is 15.9. The number of nitrogens with one attached hydrogen (secondary N) is 2. The molecule has 0 spiro atoms. The zero-order valence-electron chi connectivity index (χ0n) is 13.8. The lowest BCUT2D eigenvalue weighted by Crippen LogP contribution is -2.39. The van der Waals surface area contributed by atoms with Gasteiger partial charge in [-0.3, -0.25) is 10.1 Å². The number of carbonyl (C=O) groups is 1. The minimum atomic E-state index is -0.428. The number of carbonyl (C=O) groups excluding carboxylic acids is 1. The fourth-order valence-corrected chi connectivity index (χ4v) is 2.86. The predicted octanol–water partition coefficient (Wildman–Crippen LogP) is 4.12. The summed E-state index contributed by atoms with van der Waals surface area (Å²) in [6.45, 7) is 3.66. The molecular weight excluding hydrogens is 422 g/mol. The molecule has 2 atom stereocenters. The Balaban J connectivity index is 1.98. The standard InChI is InChI=1S/C18H20FIN2O2/c1-11(13-7-8-17(24-3)16(19)9-13)21-12(2)18(23)22-15-6-4-5-14(20)10-15/h4-12,21H,1-3H3,(H,22,23).